The molecule has 2 aromatic carbocycles. The highest BCUT2D eigenvalue weighted by molar-refractivity contribution is 5.97. The van der Waals surface area contributed by atoms with Crippen molar-refractivity contribution in [3.63, 3.8) is 0 Å². The molecular formula is C21H23N3O4. The lowest BCUT2D eigenvalue weighted by Gasteiger charge is -2.16. The average molecular weight is 381 g/mol. The highest BCUT2D eigenvalue weighted by Gasteiger charge is 2.21. The minimum absolute atomic E-state index is 0.145. The van der Waals surface area contributed by atoms with Gasteiger partial charge in [0.05, 0.1) is 24.1 Å². The maximum absolute atomic E-state index is 12.6. The fourth-order valence-electron chi connectivity index (χ4n) is 3.10. The van der Waals surface area contributed by atoms with Crippen LogP contribution in [-0.4, -0.2) is 40.2 Å². The molecule has 1 unspecified atom stereocenters. The summed E-state index contributed by atoms with van der Waals surface area (Å²) in [5.41, 5.74) is 3.06. The molecule has 0 saturated heterocycles. The van der Waals surface area contributed by atoms with Crippen molar-refractivity contribution in [2.45, 2.75) is 13.3 Å². The standard InChI is InChI=1S/C21H23N3O4/c1-13-23-18-11-15(6-9-19(18)24(13)2)20(26)22-12-16(21(27)28-3)10-14-4-7-17(25)8-5-14/h4-9,11,16,25H,10,12H2,1-3H3,(H,22,26). The second-order valence-corrected chi connectivity index (χ2v) is 6.72. The number of aromatic hydroxyl groups is 1. The summed E-state index contributed by atoms with van der Waals surface area (Å²) in [6, 6.07) is 11.9. The number of amides is 1. The number of aromatic nitrogens is 2. The number of imidazole rings is 1. The molecule has 1 amide bonds. The van der Waals surface area contributed by atoms with Crippen LogP contribution in [0, 0.1) is 12.8 Å². The molecule has 1 atom stereocenters. The van der Waals surface area contributed by atoms with Gasteiger partial charge in [0, 0.05) is 19.2 Å². The molecule has 0 radical (unpaired) electrons. The van der Waals surface area contributed by atoms with Crippen LogP contribution in [0.5, 0.6) is 5.75 Å². The second kappa shape index (κ2) is 8.12. The number of esters is 1. The van der Waals surface area contributed by atoms with E-state index in [4.69, 9.17) is 4.74 Å². The summed E-state index contributed by atoms with van der Waals surface area (Å²) in [4.78, 5) is 29.1. The zero-order chi connectivity index (χ0) is 20.3. The first-order chi connectivity index (χ1) is 13.4. The number of carbonyl (C=O) groups excluding carboxylic acids is 2. The smallest absolute Gasteiger partial charge is 0.310 e. The van der Waals surface area contributed by atoms with E-state index in [1.54, 1.807) is 36.4 Å². The number of ether oxygens (including phenoxy) is 1. The highest BCUT2D eigenvalue weighted by atomic mass is 16.5. The molecule has 0 aliphatic heterocycles. The number of hydrogen-bond acceptors (Lipinski definition) is 5. The van der Waals surface area contributed by atoms with Crippen LogP contribution in [-0.2, 0) is 23.0 Å². The van der Waals surface area contributed by atoms with Gasteiger partial charge in [-0.15, -0.1) is 0 Å². The molecule has 2 N–H and O–H groups in total. The number of rotatable bonds is 6. The van der Waals surface area contributed by atoms with Crippen molar-refractivity contribution >= 4 is 22.9 Å². The third kappa shape index (κ3) is 4.14. The van der Waals surface area contributed by atoms with Gasteiger partial charge in [-0.3, -0.25) is 9.59 Å². The summed E-state index contributed by atoms with van der Waals surface area (Å²) >= 11 is 0. The molecule has 0 saturated carbocycles. The Bertz CT molecular complexity index is 1010. The van der Waals surface area contributed by atoms with Crippen molar-refractivity contribution in [1.29, 1.82) is 0 Å². The number of methoxy groups -OCH3 is 1. The summed E-state index contributed by atoms with van der Waals surface area (Å²) in [6.45, 7) is 2.05. The Morgan fingerprint density at radius 2 is 1.93 bits per heavy atom. The maximum atomic E-state index is 12.6. The van der Waals surface area contributed by atoms with Crippen LogP contribution in [0.25, 0.3) is 11.0 Å². The first-order valence-electron chi connectivity index (χ1n) is 8.96. The lowest BCUT2D eigenvalue weighted by Crippen LogP contribution is -2.34. The van der Waals surface area contributed by atoms with E-state index < -0.39 is 11.9 Å². The zero-order valence-electron chi connectivity index (χ0n) is 16.1. The van der Waals surface area contributed by atoms with Crippen molar-refractivity contribution in [2.75, 3.05) is 13.7 Å². The van der Waals surface area contributed by atoms with Crippen LogP contribution in [0.4, 0.5) is 0 Å². The number of phenols is 1. The van der Waals surface area contributed by atoms with Gasteiger partial charge < -0.3 is 19.7 Å². The first-order valence-corrected chi connectivity index (χ1v) is 8.96. The molecule has 0 fully saturated rings. The monoisotopic (exact) mass is 381 g/mol. The molecule has 7 nitrogen and oxygen atoms in total. The summed E-state index contributed by atoms with van der Waals surface area (Å²) < 4.78 is 6.83. The van der Waals surface area contributed by atoms with Crippen molar-refractivity contribution in [2.24, 2.45) is 13.0 Å². The first kappa shape index (κ1) is 19.4. The van der Waals surface area contributed by atoms with E-state index in [1.807, 2.05) is 24.6 Å². The Hall–Kier alpha value is -3.35. The second-order valence-electron chi connectivity index (χ2n) is 6.72. The van der Waals surface area contributed by atoms with E-state index >= 15 is 0 Å². The zero-order valence-corrected chi connectivity index (χ0v) is 16.1. The number of phenolic OH excluding ortho intramolecular Hbond substituents is 1. The third-order valence-corrected chi connectivity index (χ3v) is 4.83. The van der Waals surface area contributed by atoms with E-state index in [2.05, 4.69) is 10.3 Å². The van der Waals surface area contributed by atoms with Crippen molar-refractivity contribution in [3.8, 4) is 5.75 Å². The topological polar surface area (TPSA) is 93.5 Å². The summed E-state index contributed by atoms with van der Waals surface area (Å²) in [5, 5.41) is 12.2. The minimum atomic E-state index is -0.528. The number of nitrogens with one attached hydrogen (secondary N) is 1. The predicted molar refractivity (Wildman–Crippen MR) is 105 cm³/mol. The summed E-state index contributed by atoms with van der Waals surface area (Å²) in [5.74, 6) is -0.174. The van der Waals surface area contributed by atoms with Crippen LogP contribution in [0.1, 0.15) is 21.7 Å². The molecule has 0 aliphatic carbocycles. The SMILES string of the molecule is COC(=O)C(CNC(=O)c1ccc2c(c1)nc(C)n2C)Cc1ccc(O)cc1. The summed E-state index contributed by atoms with van der Waals surface area (Å²) in [6.07, 6.45) is 0.395. The molecule has 3 aromatic rings. The van der Waals surface area contributed by atoms with E-state index in [9.17, 15) is 14.7 Å². The number of nitrogens with zero attached hydrogens (tertiary/aromatic N) is 2. The minimum Gasteiger partial charge on any atom is -0.508 e. The van der Waals surface area contributed by atoms with E-state index in [-0.39, 0.29) is 18.2 Å². The largest absolute Gasteiger partial charge is 0.508 e. The van der Waals surface area contributed by atoms with Crippen LogP contribution < -0.4 is 5.32 Å². The molecule has 1 aromatic heterocycles. The van der Waals surface area contributed by atoms with Crippen molar-refractivity contribution < 1.29 is 19.4 Å². The summed E-state index contributed by atoms with van der Waals surface area (Å²) in [7, 11) is 3.25. The van der Waals surface area contributed by atoms with Crippen LogP contribution in [0.15, 0.2) is 42.5 Å². The quantitative estimate of drug-likeness (QED) is 0.640. The van der Waals surface area contributed by atoms with Gasteiger partial charge in [0.25, 0.3) is 5.91 Å². The molecule has 7 heteroatoms. The van der Waals surface area contributed by atoms with Crippen molar-refractivity contribution in [3.05, 3.63) is 59.4 Å². The Morgan fingerprint density at radius 1 is 1.21 bits per heavy atom. The molecule has 146 valence electrons. The Morgan fingerprint density at radius 3 is 2.61 bits per heavy atom. The third-order valence-electron chi connectivity index (χ3n) is 4.83. The van der Waals surface area contributed by atoms with Crippen LogP contribution in [0.2, 0.25) is 0 Å². The van der Waals surface area contributed by atoms with Gasteiger partial charge in [-0.1, -0.05) is 12.1 Å². The van der Waals surface area contributed by atoms with E-state index in [0.29, 0.717) is 12.0 Å². The van der Waals surface area contributed by atoms with E-state index in [0.717, 1.165) is 22.4 Å². The number of fused-ring (bicyclic) bond motifs is 1. The lowest BCUT2D eigenvalue weighted by atomic mass is 9.99. The molecular weight excluding hydrogens is 358 g/mol. The molecule has 28 heavy (non-hydrogen) atoms. The number of benzene rings is 2. The van der Waals surface area contributed by atoms with Crippen LogP contribution in [0.3, 0.4) is 0 Å². The van der Waals surface area contributed by atoms with E-state index in [1.165, 1.54) is 7.11 Å². The van der Waals surface area contributed by atoms with Gasteiger partial charge in [0.2, 0.25) is 0 Å². The maximum Gasteiger partial charge on any atom is 0.310 e. The molecule has 0 aliphatic rings. The van der Waals surface area contributed by atoms with Gasteiger partial charge in [0.15, 0.2) is 0 Å². The molecule has 3 rings (SSSR count). The fourth-order valence-corrected chi connectivity index (χ4v) is 3.10. The van der Waals surface area contributed by atoms with Gasteiger partial charge in [0.1, 0.15) is 11.6 Å². The number of aryl methyl sites for hydroxylation is 2. The normalized spacial score (nSPS) is 12.0. The Balaban J connectivity index is 1.70. The molecule has 1 heterocycles. The Labute approximate surface area is 163 Å². The van der Waals surface area contributed by atoms with Gasteiger partial charge >= 0.3 is 5.97 Å². The van der Waals surface area contributed by atoms with Crippen LogP contribution >= 0.6 is 0 Å². The predicted octanol–water partition coefficient (Wildman–Crippen LogP) is 2.35. The molecule has 0 bridgehead atoms. The van der Waals surface area contributed by atoms with Gasteiger partial charge in [-0.25, -0.2) is 4.98 Å². The van der Waals surface area contributed by atoms with Gasteiger partial charge in [-0.2, -0.15) is 0 Å². The lowest BCUT2D eigenvalue weighted by molar-refractivity contribution is -0.145. The van der Waals surface area contributed by atoms with Gasteiger partial charge in [-0.05, 0) is 49.2 Å². The fraction of sp³-hybridized carbons (Fsp3) is 0.286. The Kier molecular flexibility index (Phi) is 5.63. The molecule has 0 spiro atoms. The highest BCUT2D eigenvalue weighted by Crippen LogP contribution is 2.17. The van der Waals surface area contributed by atoms with Crippen molar-refractivity contribution in [1.82, 2.24) is 14.9 Å². The number of carbonyl (C=O) groups is 2. The number of hydrogen-bond donors (Lipinski definition) is 2. The average Bonchev–Trinajstić information content (AvgIpc) is 2.99.